The van der Waals surface area contributed by atoms with Gasteiger partial charge in [-0.05, 0) is 127 Å². The number of phenols is 1. The predicted molar refractivity (Wildman–Crippen MR) is 159 cm³/mol. The Kier molecular flexibility index (Phi) is 6.35. The fourth-order valence-corrected chi connectivity index (χ4v) is 11.7. The second kappa shape index (κ2) is 9.01. The first-order valence-corrected chi connectivity index (χ1v) is 16.1. The number of benzene rings is 1. The first-order valence-electron chi connectivity index (χ1n) is 16.1. The van der Waals surface area contributed by atoms with Crippen LogP contribution in [0.5, 0.6) is 11.5 Å². The van der Waals surface area contributed by atoms with Crippen LogP contribution in [-0.2, 0) is 4.79 Å². The summed E-state index contributed by atoms with van der Waals surface area (Å²) in [5.74, 6) is 1.85. The van der Waals surface area contributed by atoms with Crippen molar-refractivity contribution in [3.8, 4) is 11.5 Å². The summed E-state index contributed by atoms with van der Waals surface area (Å²) in [6.45, 7) is 17.2. The van der Waals surface area contributed by atoms with Crippen molar-refractivity contribution in [3.05, 3.63) is 35.9 Å². The summed E-state index contributed by atoms with van der Waals surface area (Å²) >= 11 is 0. The Labute approximate surface area is 242 Å². The smallest absolute Gasteiger partial charge is 0.307 e. The molecule has 220 valence electrons. The van der Waals surface area contributed by atoms with Gasteiger partial charge in [0.1, 0.15) is 17.6 Å². The average Bonchev–Trinajstić information content (AvgIpc) is 2.88. The molecular weight excluding hydrogens is 496 g/mol. The summed E-state index contributed by atoms with van der Waals surface area (Å²) in [6.07, 6.45) is 13.0. The maximum absolute atomic E-state index is 12.7. The van der Waals surface area contributed by atoms with Crippen molar-refractivity contribution < 1.29 is 19.7 Å². The van der Waals surface area contributed by atoms with E-state index in [-0.39, 0.29) is 56.7 Å². The minimum atomic E-state index is -0.578. The maximum Gasteiger partial charge on any atom is 0.307 e. The summed E-state index contributed by atoms with van der Waals surface area (Å²) in [7, 11) is 0. The van der Waals surface area contributed by atoms with E-state index in [1.807, 2.05) is 12.1 Å². The lowest BCUT2D eigenvalue weighted by Gasteiger charge is -2.71. The Hall–Kier alpha value is -1.97. The van der Waals surface area contributed by atoms with Gasteiger partial charge in [-0.3, -0.25) is 4.79 Å². The number of aromatic hydroxyl groups is 1. The standard InChI is InChI=1S/C36H52O4/c1-22-14-17-33(4)20-21-35(6)25(30(33)29(22)31(38)39)12-13-27-34(5)18-16-28(40-24-10-8-23(37)9-11-24)32(2,3)26(34)15-19-36(27,35)7/h8-12,22,26-30,37H,13-21H2,1-7H3,(H,38,39). The fraction of sp³-hybridized carbons (Fsp3) is 0.750. The van der Waals surface area contributed by atoms with Crippen LogP contribution in [-0.4, -0.2) is 22.3 Å². The van der Waals surface area contributed by atoms with Crippen LogP contribution in [0.3, 0.4) is 0 Å². The van der Waals surface area contributed by atoms with E-state index in [1.54, 1.807) is 12.1 Å². The number of rotatable bonds is 3. The molecule has 0 radical (unpaired) electrons. The van der Waals surface area contributed by atoms with Crippen LogP contribution in [0.4, 0.5) is 0 Å². The van der Waals surface area contributed by atoms with Crippen molar-refractivity contribution in [1.29, 1.82) is 0 Å². The number of hydrogen-bond acceptors (Lipinski definition) is 3. The quantitative estimate of drug-likeness (QED) is 0.370. The van der Waals surface area contributed by atoms with Crippen molar-refractivity contribution in [3.63, 3.8) is 0 Å². The third-order valence-electron chi connectivity index (χ3n) is 14.3. The highest BCUT2D eigenvalue weighted by Gasteiger charge is 2.69. The van der Waals surface area contributed by atoms with Crippen LogP contribution in [0.1, 0.15) is 106 Å². The molecule has 0 spiro atoms. The summed E-state index contributed by atoms with van der Waals surface area (Å²) in [4.78, 5) is 12.7. The first-order chi connectivity index (χ1) is 18.7. The molecule has 0 amide bonds. The van der Waals surface area contributed by atoms with Crippen LogP contribution in [0.25, 0.3) is 0 Å². The van der Waals surface area contributed by atoms with Gasteiger partial charge in [0.05, 0.1) is 5.92 Å². The van der Waals surface area contributed by atoms with Crippen LogP contribution in [0.15, 0.2) is 35.9 Å². The van der Waals surface area contributed by atoms with Gasteiger partial charge >= 0.3 is 5.97 Å². The highest BCUT2D eigenvalue weighted by molar-refractivity contribution is 5.72. The minimum absolute atomic E-state index is 0.0372. The molecule has 5 aliphatic rings. The fourth-order valence-electron chi connectivity index (χ4n) is 11.7. The van der Waals surface area contributed by atoms with Crippen molar-refractivity contribution >= 4 is 5.97 Å². The van der Waals surface area contributed by atoms with E-state index in [0.29, 0.717) is 11.8 Å². The molecule has 1 aromatic carbocycles. The van der Waals surface area contributed by atoms with Gasteiger partial charge < -0.3 is 14.9 Å². The van der Waals surface area contributed by atoms with Crippen LogP contribution in [0.2, 0.25) is 0 Å². The average molecular weight is 549 g/mol. The van der Waals surface area contributed by atoms with Gasteiger partial charge in [0.25, 0.3) is 0 Å². The second-order valence-electron chi connectivity index (χ2n) is 16.3. The second-order valence-corrected chi connectivity index (χ2v) is 16.3. The van der Waals surface area contributed by atoms with Crippen LogP contribution < -0.4 is 4.74 Å². The van der Waals surface area contributed by atoms with Gasteiger partial charge in [-0.15, -0.1) is 0 Å². The molecular formula is C36H52O4. The SMILES string of the molecule is CC1CCC2(C)CCC3(C)C(=CCC4C5(C)CCC(Oc6ccc(O)cc6)C(C)(C)C5CCC43C)C2C1C(=O)O. The summed E-state index contributed by atoms with van der Waals surface area (Å²) in [5.41, 5.74) is 2.12. The normalized spacial score (nSPS) is 47.5. The molecule has 6 rings (SSSR count). The van der Waals surface area contributed by atoms with Gasteiger partial charge in [-0.2, -0.15) is 0 Å². The molecule has 4 nitrogen and oxygen atoms in total. The zero-order valence-electron chi connectivity index (χ0n) is 25.9. The van der Waals surface area contributed by atoms with Gasteiger partial charge in [-0.1, -0.05) is 60.1 Å². The minimum Gasteiger partial charge on any atom is -0.508 e. The molecule has 40 heavy (non-hydrogen) atoms. The van der Waals surface area contributed by atoms with Gasteiger partial charge in [0, 0.05) is 5.41 Å². The zero-order chi connectivity index (χ0) is 28.9. The molecule has 10 unspecified atom stereocenters. The number of ether oxygens (including phenoxy) is 1. The summed E-state index contributed by atoms with van der Waals surface area (Å²) < 4.78 is 6.62. The molecule has 4 heteroatoms. The molecule has 0 aliphatic heterocycles. The van der Waals surface area contributed by atoms with Crippen molar-refractivity contribution in [2.75, 3.05) is 0 Å². The number of carbonyl (C=O) groups is 1. The van der Waals surface area contributed by atoms with E-state index < -0.39 is 5.97 Å². The molecule has 5 aliphatic carbocycles. The predicted octanol–water partition coefficient (Wildman–Crippen LogP) is 8.88. The third-order valence-corrected chi connectivity index (χ3v) is 14.3. The van der Waals surface area contributed by atoms with Crippen molar-refractivity contribution in [2.45, 2.75) is 112 Å². The maximum atomic E-state index is 12.7. The number of carboxylic acid groups (broad SMARTS) is 1. The highest BCUT2D eigenvalue weighted by Crippen LogP contribution is 2.75. The topological polar surface area (TPSA) is 66.8 Å². The monoisotopic (exact) mass is 548 g/mol. The molecule has 0 saturated heterocycles. The molecule has 4 saturated carbocycles. The first kappa shape index (κ1) is 28.2. The van der Waals surface area contributed by atoms with Gasteiger partial charge in [-0.25, -0.2) is 0 Å². The zero-order valence-corrected chi connectivity index (χ0v) is 25.9. The van der Waals surface area contributed by atoms with E-state index in [1.165, 1.54) is 31.3 Å². The lowest BCUT2D eigenvalue weighted by atomic mass is 9.33. The van der Waals surface area contributed by atoms with Crippen LogP contribution >= 0.6 is 0 Å². The molecule has 0 bridgehead atoms. The Morgan fingerprint density at radius 2 is 1.57 bits per heavy atom. The molecule has 0 aromatic heterocycles. The summed E-state index contributed by atoms with van der Waals surface area (Å²) in [5, 5.41) is 20.2. The number of fused-ring (bicyclic) bond motifs is 7. The Balaban J connectivity index is 1.35. The van der Waals surface area contributed by atoms with E-state index in [9.17, 15) is 15.0 Å². The van der Waals surface area contributed by atoms with Crippen molar-refractivity contribution in [1.82, 2.24) is 0 Å². The number of aliphatic carboxylic acids is 1. The Bertz CT molecular complexity index is 1200. The molecule has 2 N–H and O–H groups in total. The largest absolute Gasteiger partial charge is 0.508 e. The van der Waals surface area contributed by atoms with Gasteiger partial charge in [0.2, 0.25) is 0 Å². The number of carboxylic acids is 1. The van der Waals surface area contributed by atoms with Crippen molar-refractivity contribution in [2.24, 2.45) is 56.7 Å². The number of phenolic OH excluding ortho intramolecular Hbond substituents is 1. The molecule has 4 fully saturated rings. The summed E-state index contributed by atoms with van der Waals surface area (Å²) in [6, 6.07) is 7.20. The van der Waals surface area contributed by atoms with Gasteiger partial charge in [0.15, 0.2) is 0 Å². The molecule has 0 heterocycles. The van der Waals surface area contributed by atoms with Crippen LogP contribution in [0, 0.1) is 56.7 Å². The molecule has 10 atom stereocenters. The molecule has 1 aromatic rings. The van der Waals surface area contributed by atoms with E-state index in [0.717, 1.165) is 37.9 Å². The Morgan fingerprint density at radius 3 is 2.25 bits per heavy atom. The van der Waals surface area contributed by atoms with E-state index >= 15 is 0 Å². The lowest BCUT2D eigenvalue weighted by molar-refractivity contribution is -0.201. The Morgan fingerprint density at radius 1 is 0.875 bits per heavy atom. The third kappa shape index (κ3) is 3.72. The van der Waals surface area contributed by atoms with E-state index in [4.69, 9.17) is 4.74 Å². The number of hydrogen-bond donors (Lipinski definition) is 2. The lowest BCUT2D eigenvalue weighted by Crippen LogP contribution is -2.65. The highest BCUT2D eigenvalue weighted by atomic mass is 16.5. The van der Waals surface area contributed by atoms with E-state index in [2.05, 4.69) is 54.5 Å². The number of allylic oxidation sites excluding steroid dienone is 2.